The van der Waals surface area contributed by atoms with Crippen molar-refractivity contribution < 1.29 is 9.53 Å². The van der Waals surface area contributed by atoms with Crippen molar-refractivity contribution in [3.8, 4) is 0 Å². The van der Waals surface area contributed by atoms with Gasteiger partial charge in [-0.1, -0.05) is 36.8 Å². The van der Waals surface area contributed by atoms with Gasteiger partial charge in [0.1, 0.15) is 0 Å². The lowest BCUT2D eigenvalue weighted by atomic mass is 10.0. The molecule has 1 atom stereocenters. The summed E-state index contributed by atoms with van der Waals surface area (Å²) < 4.78 is 5.61. The molecule has 1 amide bonds. The maximum atomic E-state index is 12.2. The van der Waals surface area contributed by atoms with Gasteiger partial charge in [-0.3, -0.25) is 4.79 Å². The molecule has 110 valence electrons. The normalized spacial score (nSPS) is 18.8. The number of piperidine rings is 1. The minimum absolute atomic E-state index is 0.00266. The van der Waals surface area contributed by atoms with E-state index in [1.54, 1.807) is 4.90 Å². The first kappa shape index (κ1) is 15.0. The average Bonchev–Trinajstić information content (AvgIpc) is 2.52. The topological polar surface area (TPSA) is 41.6 Å². The second-order valence-corrected chi connectivity index (χ2v) is 5.30. The van der Waals surface area contributed by atoms with Gasteiger partial charge in [-0.25, -0.2) is 0 Å². The van der Waals surface area contributed by atoms with Crippen molar-refractivity contribution in [2.45, 2.75) is 31.9 Å². The number of rotatable bonds is 6. The van der Waals surface area contributed by atoms with Crippen LogP contribution in [-0.4, -0.2) is 43.6 Å². The molecule has 1 aromatic rings. The summed E-state index contributed by atoms with van der Waals surface area (Å²) in [6.07, 6.45) is 3.27. The number of likely N-dealkylation sites (N-methyl/N-ethyl adjacent to an activating group) is 1. The van der Waals surface area contributed by atoms with Gasteiger partial charge in [0.05, 0.1) is 19.3 Å². The van der Waals surface area contributed by atoms with E-state index in [4.69, 9.17) is 4.74 Å². The Bertz CT molecular complexity index is 402. The first-order valence-corrected chi connectivity index (χ1v) is 7.37. The van der Waals surface area contributed by atoms with Crippen LogP contribution in [0.2, 0.25) is 0 Å². The standard InChI is InChI=1S/C16H24N2O2/c1-18(16(19)15-9-5-6-10-17-15)11-12-20-13-14-7-3-2-4-8-14/h2-4,7-8,15,17H,5-6,9-13H2,1H3. The van der Waals surface area contributed by atoms with Crippen LogP contribution >= 0.6 is 0 Å². The van der Waals surface area contributed by atoms with Crippen molar-refractivity contribution in [2.24, 2.45) is 0 Å². The van der Waals surface area contributed by atoms with Crippen LogP contribution in [0.15, 0.2) is 30.3 Å². The summed E-state index contributed by atoms with van der Waals surface area (Å²) in [5.74, 6) is 0.188. The van der Waals surface area contributed by atoms with Crippen molar-refractivity contribution in [3.63, 3.8) is 0 Å². The molecule has 20 heavy (non-hydrogen) atoms. The van der Waals surface area contributed by atoms with E-state index < -0.39 is 0 Å². The van der Waals surface area contributed by atoms with Gasteiger partial charge in [0.15, 0.2) is 0 Å². The molecule has 1 aliphatic rings. The van der Waals surface area contributed by atoms with E-state index in [2.05, 4.69) is 5.32 Å². The van der Waals surface area contributed by atoms with Crippen LogP contribution in [0, 0.1) is 0 Å². The highest BCUT2D eigenvalue weighted by Crippen LogP contribution is 2.09. The summed E-state index contributed by atoms with van der Waals surface area (Å²) >= 11 is 0. The number of amides is 1. The van der Waals surface area contributed by atoms with Crippen molar-refractivity contribution in [2.75, 3.05) is 26.7 Å². The summed E-state index contributed by atoms with van der Waals surface area (Å²) in [6, 6.07) is 10.1. The minimum atomic E-state index is 0.00266. The zero-order valence-corrected chi connectivity index (χ0v) is 12.2. The first-order valence-electron chi connectivity index (χ1n) is 7.37. The number of carbonyl (C=O) groups is 1. The fourth-order valence-corrected chi connectivity index (χ4v) is 2.40. The lowest BCUT2D eigenvalue weighted by Crippen LogP contribution is -2.47. The quantitative estimate of drug-likeness (QED) is 0.806. The molecular weight excluding hydrogens is 252 g/mol. The van der Waals surface area contributed by atoms with Crippen molar-refractivity contribution in [1.82, 2.24) is 10.2 Å². The molecule has 1 fully saturated rings. The van der Waals surface area contributed by atoms with Crippen LogP contribution < -0.4 is 5.32 Å². The van der Waals surface area contributed by atoms with Crippen LogP contribution in [0.5, 0.6) is 0 Å². The minimum Gasteiger partial charge on any atom is -0.375 e. The molecule has 1 unspecified atom stereocenters. The van der Waals surface area contributed by atoms with Gasteiger partial charge in [0.25, 0.3) is 0 Å². The third-order valence-electron chi connectivity index (χ3n) is 3.67. The number of hydrogen-bond acceptors (Lipinski definition) is 3. The third-order valence-corrected chi connectivity index (χ3v) is 3.67. The molecule has 1 N–H and O–H groups in total. The molecular formula is C16H24N2O2. The van der Waals surface area contributed by atoms with Crippen LogP contribution in [0.25, 0.3) is 0 Å². The van der Waals surface area contributed by atoms with E-state index >= 15 is 0 Å². The smallest absolute Gasteiger partial charge is 0.239 e. The van der Waals surface area contributed by atoms with Crippen molar-refractivity contribution in [3.05, 3.63) is 35.9 Å². The maximum Gasteiger partial charge on any atom is 0.239 e. The predicted molar refractivity (Wildman–Crippen MR) is 79.4 cm³/mol. The largest absolute Gasteiger partial charge is 0.375 e. The Morgan fingerprint density at radius 3 is 2.85 bits per heavy atom. The second-order valence-electron chi connectivity index (χ2n) is 5.30. The summed E-state index contributed by atoms with van der Waals surface area (Å²) in [5, 5.41) is 3.28. The number of hydrogen-bond donors (Lipinski definition) is 1. The summed E-state index contributed by atoms with van der Waals surface area (Å²) in [5.41, 5.74) is 1.16. The lowest BCUT2D eigenvalue weighted by Gasteiger charge is -2.27. The highest BCUT2D eigenvalue weighted by molar-refractivity contribution is 5.81. The number of nitrogens with zero attached hydrogens (tertiary/aromatic N) is 1. The monoisotopic (exact) mass is 276 g/mol. The van der Waals surface area contributed by atoms with Gasteiger partial charge in [-0.05, 0) is 24.9 Å². The molecule has 0 bridgehead atoms. The van der Waals surface area contributed by atoms with Crippen LogP contribution in [0.1, 0.15) is 24.8 Å². The Balaban J connectivity index is 1.64. The fourth-order valence-electron chi connectivity index (χ4n) is 2.40. The molecule has 1 aliphatic heterocycles. The van der Waals surface area contributed by atoms with E-state index in [-0.39, 0.29) is 11.9 Å². The van der Waals surface area contributed by atoms with Crippen LogP contribution in [0.3, 0.4) is 0 Å². The van der Waals surface area contributed by atoms with Gasteiger partial charge in [-0.15, -0.1) is 0 Å². The lowest BCUT2D eigenvalue weighted by molar-refractivity contribution is -0.133. The van der Waals surface area contributed by atoms with E-state index in [1.165, 1.54) is 6.42 Å². The van der Waals surface area contributed by atoms with Gasteiger partial charge < -0.3 is 15.0 Å². The van der Waals surface area contributed by atoms with Crippen molar-refractivity contribution in [1.29, 1.82) is 0 Å². The number of carbonyl (C=O) groups excluding carboxylic acids is 1. The summed E-state index contributed by atoms with van der Waals surface area (Å²) in [7, 11) is 1.85. The SMILES string of the molecule is CN(CCOCc1ccccc1)C(=O)C1CCCCN1. The molecule has 0 spiro atoms. The summed E-state index contributed by atoms with van der Waals surface area (Å²) in [6.45, 7) is 2.77. The molecule has 0 aliphatic carbocycles. The van der Waals surface area contributed by atoms with Gasteiger partial charge >= 0.3 is 0 Å². The molecule has 0 aromatic heterocycles. The van der Waals surface area contributed by atoms with Gasteiger partial charge in [0.2, 0.25) is 5.91 Å². The number of benzene rings is 1. The Kier molecular flexibility index (Phi) is 6.02. The molecule has 1 aromatic carbocycles. The van der Waals surface area contributed by atoms with Crippen molar-refractivity contribution >= 4 is 5.91 Å². The molecule has 2 rings (SSSR count). The zero-order valence-electron chi connectivity index (χ0n) is 12.2. The van der Waals surface area contributed by atoms with E-state index in [9.17, 15) is 4.79 Å². The van der Waals surface area contributed by atoms with E-state index in [0.717, 1.165) is 24.9 Å². The highest BCUT2D eigenvalue weighted by atomic mass is 16.5. The highest BCUT2D eigenvalue weighted by Gasteiger charge is 2.23. The van der Waals surface area contributed by atoms with Crippen LogP contribution in [-0.2, 0) is 16.1 Å². The Morgan fingerprint density at radius 2 is 2.15 bits per heavy atom. The molecule has 4 heteroatoms. The number of nitrogens with one attached hydrogen (secondary N) is 1. The molecule has 0 saturated carbocycles. The average molecular weight is 276 g/mol. The predicted octanol–water partition coefficient (Wildman–Crippen LogP) is 1.80. The van der Waals surface area contributed by atoms with Crippen LogP contribution in [0.4, 0.5) is 0 Å². The third kappa shape index (κ3) is 4.62. The fraction of sp³-hybridized carbons (Fsp3) is 0.562. The Morgan fingerprint density at radius 1 is 1.35 bits per heavy atom. The zero-order chi connectivity index (χ0) is 14.2. The molecule has 1 saturated heterocycles. The first-order chi connectivity index (χ1) is 9.77. The molecule has 1 heterocycles. The van der Waals surface area contributed by atoms with E-state index in [1.807, 2.05) is 37.4 Å². The van der Waals surface area contributed by atoms with Gasteiger partial charge in [-0.2, -0.15) is 0 Å². The second kappa shape index (κ2) is 8.02. The van der Waals surface area contributed by atoms with E-state index in [0.29, 0.717) is 19.8 Å². The maximum absolute atomic E-state index is 12.2. The summed E-state index contributed by atoms with van der Waals surface area (Å²) in [4.78, 5) is 13.9. The Labute approximate surface area is 121 Å². The Hall–Kier alpha value is -1.39. The molecule has 0 radical (unpaired) electrons. The molecule has 4 nitrogen and oxygen atoms in total. The number of ether oxygens (including phenoxy) is 1. The van der Waals surface area contributed by atoms with Gasteiger partial charge in [0, 0.05) is 13.6 Å².